The highest BCUT2D eigenvalue weighted by Crippen LogP contribution is 2.26. The van der Waals surface area contributed by atoms with Gasteiger partial charge in [-0.1, -0.05) is 0 Å². The lowest BCUT2D eigenvalue weighted by Crippen LogP contribution is -2.30. The van der Waals surface area contributed by atoms with E-state index in [2.05, 4.69) is 4.74 Å². The Balaban J connectivity index is 3.08. The molecule has 0 amide bonds. The average Bonchev–Trinajstić information content (AvgIpc) is 2.45. The molecular formula is C12H13F3N2O4. The van der Waals surface area contributed by atoms with E-state index >= 15 is 0 Å². The molecule has 21 heavy (non-hydrogen) atoms. The summed E-state index contributed by atoms with van der Waals surface area (Å²) in [4.78, 5) is 22.6. The second kappa shape index (κ2) is 6.91. The van der Waals surface area contributed by atoms with Gasteiger partial charge in [-0.3, -0.25) is 10.1 Å². The molecule has 0 aliphatic heterocycles. The molecule has 0 radical (unpaired) electrons. The number of esters is 1. The molecule has 6 nitrogen and oxygen atoms in total. The highest BCUT2D eigenvalue weighted by molar-refractivity contribution is 5.94. The van der Waals surface area contributed by atoms with Crippen molar-refractivity contribution in [2.75, 3.05) is 25.6 Å². The topological polar surface area (TPSA) is 72.7 Å². The van der Waals surface area contributed by atoms with Gasteiger partial charge in [0.25, 0.3) is 12.1 Å². The zero-order chi connectivity index (χ0) is 16.2. The van der Waals surface area contributed by atoms with Gasteiger partial charge in [0.15, 0.2) is 6.17 Å². The van der Waals surface area contributed by atoms with Crippen LogP contribution < -0.4 is 4.90 Å². The summed E-state index contributed by atoms with van der Waals surface area (Å²) in [6.45, 7) is -0.633. The van der Waals surface area contributed by atoms with E-state index in [9.17, 15) is 28.1 Å². The number of hydrogen-bond acceptors (Lipinski definition) is 5. The van der Waals surface area contributed by atoms with Crippen molar-refractivity contribution in [3.63, 3.8) is 0 Å². The van der Waals surface area contributed by atoms with E-state index in [1.165, 1.54) is 13.1 Å². The minimum absolute atomic E-state index is 0.137. The number of rotatable bonds is 6. The number of anilines is 1. The maximum Gasteiger partial charge on any atom is 0.344 e. The first-order chi connectivity index (χ1) is 9.77. The zero-order valence-electron chi connectivity index (χ0n) is 11.3. The van der Waals surface area contributed by atoms with Gasteiger partial charge < -0.3 is 9.64 Å². The molecule has 0 fully saturated rings. The van der Waals surface area contributed by atoms with Gasteiger partial charge in [0.1, 0.15) is 5.56 Å². The molecule has 0 N–H and O–H groups in total. The first-order valence-electron chi connectivity index (χ1n) is 5.78. The van der Waals surface area contributed by atoms with Crippen molar-refractivity contribution < 1.29 is 27.6 Å². The predicted molar refractivity (Wildman–Crippen MR) is 68.6 cm³/mol. The summed E-state index contributed by atoms with van der Waals surface area (Å²) < 4.78 is 41.7. The Hall–Kier alpha value is -2.32. The normalized spacial score (nSPS) is 12.1. The summed E-state index contributed by atoms with van der Waals surface area (Å²) in [5.41, 5.74) is -0.679. The number of ether oxygens (including phenoxy) is 1. The quantitative estimate of drug-likeness (QED) is 0.458. The van der Waals surface area contributed by atoms with E-state index < -0.39 is 35.7 Å². The van der Waals surface area contributed by atoms with Crippen LogP contribution in [-0.4, -0.2) is 44.2 Å². The summed E-state index contributed by atoms with van der Waals surface area (Å²) in [6, 6.07) is 3.42. The number of nitro benzene ring substituents is 1. The monoisotopic (exact) mass is 306 g/mol. The Bertz CT molecular complexity index is 539. The minimum atomic E-state index is -3.14. The SMILES string of the molecule is COC(=O)c1ccc(N(C)CC(F)C(F)F)cc1[N+](=O)[O-]. The molecule has 0 heterocycles. The Kier molecular flexibility index (Phi) is 5.51. The van der Waals surface area contributed by atoms with Crippen LogP contribution in [0.5, 0.6) is 0 Å². The van der Waals surface area contributed by atoms with Crippen LogP contribution in [0.4, 0.5) is 24.5 Å². The molecule has 0 aliphatic rings. The Morgan fingerprint density at radius 1 is 1.43 bits per heavy atom. The van der Waals surface area contributed by atoms with Crippen LogP contribution >= 0.6 is 0 Å². The summed E-state index contributed by atoms with van der Waals surface area (Å²) in [7, 11) is 2.38. The first-order valence-corrected chi connectivity index (χ1v) is 5.78. The highest BCUT2D eigenvalue weighted by atomic mass is 19.3. The second-order valence-corrected chi connectivity index (χ2v) is 4.18. The molecular weight excluding hydrogens is 293 g/mol. The van der Waals surface area contributed by atoms with E-state index in [1.54, 1.807) is 0 Å². The van der Waals surface area contributed by atoms with Gasteiger partial charge in [-0.25, -0.2) is 18.0 Å². The highest BCUT2D eigenvalue weighted by Gasteiger charge is 2.25. The molecule has 0 bridgehead atoms. The van der Waals surface area contributed by atoms with Gasteiger partial charge in [-0.05, 0) is 12.1 Å². The van der Waals surface area contributed by atoms with E-state index in [1.807, 2.05) is 0 Å². The smallest absolute Gasteiger partial charge is 0.344 e. The van der Waals surface area contributed by atoms with Gasteiger partial charge in [0, 0.05) is 18.8 Å². The third-order valence-corrected chi connectivity index (χ3v) is 2.75. The molecule has 0 saturated heterocycles. The van der Waals surface area contributed by atoms with Crippen LogP contribution in [0.3, 0.4) is 0 Å². The summed E-state index contributed by atoms with van der Waals surface area (Å²) in [6.07, 6.45) is -5.52. The average molecular weight is 306 g/mol. The lowest BCUT2D eigenvalue weighted by Gasteiger charge is -2.21. The molecule has 9 heteroatoms. The van der Waals surface area contributed by atoms with Crippen molar-refractivity contribution in [2.45, 2.75) is 12.6 Å². The summed E-state index contributed by atoms with van der Waals surface area (Å²) in [5.74, 6) is -0.896. The third-order valence-electron chi connectivity index (χ3n) is 2.75. The largest absolute Gasteiger partial charge is 0.465 e. The van der Waals surface area contributed by atoms with Crippen LogP contribution in [0.1, 0.15) is 10.4 Å². The van der Waals surface area contributed by atoms with E-state index in [0.29, 0.717) is 0 Å². The number of hydrogen-bond donors (Lipinski definition) is 0. The van der Waals surface area contributed by atoms with Crippen LogP contribution in [0.25, 0.3) is 0 Å². The Morgan fingerprint density at radius 2 is 2.05 bits per heavy atom. The van der Waals surface area contributed by atoms with Gasteiger partial charge in [0.2, 0.25) is 0 Å². The predicted octanol–water partition coefficient (Wildman–Crippen LogP) is 2.42. The molecule has 0 aromatic heterocycles. The number of halogens is 3. The second-order valence-electron chi connectivity index (χ2n) is 4.18. The van der Waals surface area contributed by atoms with E-state index in [0.717, 1.165) is 24.1 Å². The number of methoxy groups -OCH3 is 1. The standard InChI is InChI=1S/C12H13F3N2O4/c1-16(6-9(13)11(14)15)7-3-4-8(12(18)21-2)10(5-7)17(19)20/h3-5,9,11H,6H2,1-2H3. The van der Waals surface area contributed by atoms with Gasteiger partial charge in [0.05, 0.1) is 18.6 Å². The third kappa shape index (κ3) is 4.07. The maximum absolute atomic E-state index is 13.0. The van der Waals surface area contributed by atoms with Crippen LogP contribution in [0.15, 0.2) is 18.2 Å². The molecule has 0 aliphatic carbocycles. The summed E-state index contributed by atoms with van der Waals surface area (Å²) in [5, 5.41) is 10.9. The fourth-order valence-electron chi connectivity index (χ4n) is 1.64. The van der Waals surface area contributed by atoms with Crippen LogP contribution in [0.2, 0.25) is 0 Å². The van der Waals surface area contributed by atoms with Gasteiger partial charge in [-0.2, -0.15) is 0 Å². The van der Waals surface area contributed by atoms with E-state index in [4.69, 9.17) is 0 Å². The van der Waals surface area contributed by atoms with E-state index in [-0.39, 0.29) is 11.3 Å². The molecule has 1 unspecified atom stereocenters. The fraction of sp³-hybridized carbons (Fsp3) is 0.417. The van der Waals surface area contributed by atoms with Crippen molar-refractivity contribution in [3.8, 4) is 0 Å². The fourth-order valence-corrected chi connectivity index (χ4v) is 1.64. The lowest BCUT2D eigenvalue weighted by molar-refractivity contribution is -0.385. The van der Waals surface area contributed by atoms with Crippen molar-refractivity contribution in [2.24, 2.45) is 0 Å². The van der Waals surface area contributed by atoms with Crippen LogP contribution in [0, 0.1) is 10.1 Å². The summed E-state index contributed by atoms with van der Waals surface area (Å²) >= 11 is 0. The molecule has 1 aromatic carbocycles. The molecule has 1 atom stereocenters. The minimum Gasteiger partial charge on any atom is -0.465 e. The molecule has 0 saturated carbocycles. The molecule has 1 rings (SSSR count). The van der Waals surface area contributed by atoms with Crippen LogP contribution in [-0.2, 0) is 4.74 Å². The van der Waals surface area contributed by atoms with Crippen molar-refractivity contribution in [1.82, 2.24) is 0 Å². The van der Waals surface area contributed by atoms with Crippen molar-refractivity contribution in [3.05, 3.63) is 33.9 Å². The number of nitrogens with zero attached hydrogens (tertiary/aromatic N) is 2. The number of benzene rings is 1. The maximum atomic E-state index is 13.0. The lowest BCUT2D eigenvalue weighted by atomic mass is 10.1. The molecule has 0 spiro atoms. The number of alkyl halides is 3. The van der Waals surface area contributed by atoms with Gasteiger partial charge in [-0.15, -0.1) is 0 Å². The Labute approximate surface area is 118 Å². The van der Waals surface area contributed by atoms with Gasteiger partial charge >= 0.3 is 5.97 Å². The number of carbonyl (C=O) groups excluding carboxylic acids is 1. The number of nitro groups is 1. The van der Waals surface area contributed by atoms with Crippen molar-refractivity contribution >= 4 is 17.3 Å². The molecule has 116 valence electrons. The Morgan fingerprint density at radius 3 is 2.52 bits per heavy atom. The first kappa shape index (κ1) is 16.7. The molecule has 1 aromatic rings. The van der Waals surface area contributed by atoms with Crippen molar-refractivity contribution in [1.29, 1.82) is 0 Å². The zero-order valence-corrected chi connectivity index (χ0v) is 11.3. The number of carbonyl (C=O) groups is 1.